The first-order chi connectivity index (χ1) is 16.2. The molecule has 2 aromatic carbocycles. The number of halogens is 1. The lowest BCUT2D eigenvalue weighted by Crippen LogP contribution is -2.31. The number of fused-ring (bicyclic) bond motifs is 1. The lowest BCUT2D eigenvalue weighted by molar-refractivity contribution is 0.223. The predicted octanol–water partition coefficient (Wildman–Crippen LogP) is 4.01. The smallest absolute Gasteiger partial charge is 0.252 e. The van der Waals surface area contributed by atoms with Crippen molar-refractivity contribution < 1.29 is 9.13 Å². The number of pyridine rings is 1. The molecule has 8 nitrogen and oxygen atoms in total. The summed E-state index contributed by atoms with van der Waals surface area (Å²) in [5.41, 5.74) is 1.83. The summed E-state index contributed by atoms with van der Waals surface area (Å²) in [5.74, 6) is 1.15. The molecule has 4 aromatic rings. The molecule has 2 heterocycles. The summed E-state index contributed by atoms with van der Waals surface area (Å²) in [4.78, 5) is 17.9. The molecule has 0 aliphatic heterocycles. The van der Waals surface area contributed by atoms with Gasteiger partial charge in [-0.1, -0.05) is 12.1 Å². The van der Waals surface area contributed by atoms with Crippen LogP contribution in [0.2, 0.25) is 0 Å². The molecule has 0 saturated heterocycles. The monoisotopic (exact) mass is 464 g/mol. The Morgan fingerprint density at radius 3 is 2.53 bits per heavy atom. The standard InChI is InChI=1S/C25H29FN6O2/c1-5-34-21-10-11-22-18(13-21)12-19(24(33)27-22)15-31(14-17-6-8-20(26)9-7-17)16-23-28-29-30-32(23)25(2,3)4/h6-13H,5,14-16H2,1-4H3,(H,27,33). The van der Waals surface area contributed by atoms with Crippen LogP contribution in [-0.2, 0) is 25.2 Å². The minimum absolute atomic E-state index is 0.156. The van der Waals surface area contributed by atoms with Gasteiger partial charge in [-0.25, -0.2) is 9.07 Å². The summed E-state index contributed by atoms with van der Waals surface area (Å²) in [6, 6.07) is 13.9. The number of tetrazole rings is 1. The molecular formula is C25H29FN6O2. The van der Waals surface area contributed by atoms with Crippen molar-refractivity contribution in [3.05, 3.63) is 81.7 Å². The van der Waals surface area contributed by atoms with Crippen LogP contribution in [0.4, 0.5) is 4.39 Å². The van der Waals surface area contributed by atoms with Crippen molar-refractivity contribution in [2.45, 2.75) is 52.9 Å². The fraction of sp³-hybridized carbons (Fsp3) is 0.360. The van der Waals surface area contributed by atoms with Crippen LogP contribution >= 0.6 is 0 Å². The van der Waals surface area contributed by atoms with Gasteiger partial charge in [-0.05, 0) is 80.1 Å². The van der Waals surface area contributed by atoms with Gasteiger partial charge < -0.3 is 9.72 Å². The molecule has 34 heavy (non-hydrogen) atoms. The molecule has 0 saturated carbocycles. The van der Waals surface area contributed by atoms with E-state index in [1.54, 1.807) is 16.8 Å². The fourth-order valence-corrected chi connectivity index (χ4v) is 3.89. The Bertz CT molecular complexity index is 1320. The Kier molecular flexibility index (Phi) is 6.74. The zero-order valence-electron chi connectivity index (χ0n) is 19.9. The van der Waals surface area contributed by atoms with Crippen LogP contribution in [0.1, 0.15) is 44.6 Å². The number of nitrogens with zero attached hydrogens (tertiary/aromatic N) is 5. The summed E-state index contributed by atoms with van der Waals surface area (Å²) >= 11 is 0. The average Bonchev–Trinajstić information content (AvgIpc) is 3.25. The highest BCUT2D eigenvalue weighted by molar-refractivity contribution is 5.80. The first kappa shape index (κ1) is 23.6. The molecule has 2 aromatic heterocycles. The summed E-state index contributed by atoms with van der Waals surface area (Å²) in [6.45, 7) is 9.85. The molecule has 0 unspecified atom stereocenters. The Labute approximate surface area is 197 Å². The lowest BCUT2D eigenvalue weighted by atomic mass is 10.1. The molecule has 178 valence electrons. The van der Waals surface area contributed by atoms with Gasteiger partial charge in [0.2, 0.25) is 0 Å². The Morgan fingerprint density at radius 2 is 1.82 bits per heavy atom. The van der Waals surface area contributed by atoms with Crippen molar-refractivity contribution in [2.24, 2.45) is 0 Å². The van der Waals surface area contributed by atoms with Gasteiger partial charge in [0.25, 0.3) is 5.56 Å². The molecule has 0 amide bonds. The van der Waals surface area contributed by atoms with Gasteiger partial charge in [-0.3, -0.25) is 9.69 Å². The maximum absolute atomic E-state index is 13.4. The second-order valence-electron chi connectivity index (χ2n) is 9.26. The van der Waals surface area contributed by atoms with Crippen LogP contribution in [0.25, 0.3) is 10.9 Å². The average molecular weight is 465 g/mol. The summed E-state index contributed by atoms with van der Waals surface area (Å²) in [5, 5.41) is 13.1. The number of aromatic nitrogens is 5. The number of aromatic amines is 1. The normalized spacial score (nSPS) is 11.9. The van der Waals surface area contributed by atoms with Crippen molar-refractivity contribution >= 4 is 10.9 Å². The minimum atomic E-state index is -0.295. The third-order valence-corrected chi connectivity index (χ3v) is 5.45. The Morgan fingerprint density at radius 1 is 1.06 bits per heavy atom. The van der Waals surface area contributed by atoms with E-state index < -0.39 is 0 Å². The maximum Gasteiger partial charge on any atom is 0.252 e. The number of hydrogen-bond acceptors (Lipinski definition) is 6. The number of rotatable bonds is 8. The number of benzene rings is 2. The molecule has 1 N–H and O–H groups in total. The van der Waals surface area contributed by atoms with Gasteiger partial charge in [-0.15, -0.1) is 5.10 Å². The molecule has 0 bridgehead atoms. The quantitative estimate of drug-likeness (QED) is 0.424. The van der Waals surface area contributed by atoms with Crippen molar-refractivity contribution in [3.8, 4) is 5.75 Å². The number of H-pyrrole nitrogens is 1. The Hall–Kier alpha value is -3.59. The largest absolute Gasteiger partial charge is 0.494 e. The summed E-state index contributed by atoms with van der Waals surface area (Å²) < 4.78 is 20.8. The van der Waals surface area contributed by atoms with E-state index in [0.717, 1.165) is 22.2 Å². The molecule has 0 spiro atoms. The number of hydrogen-bond donors (Lipinski definition) is 1. The van der Waals surface area contributed by atoms with Crippen LogP contribution in [0.15, 0.2) is 53.3 Å². The second-order valence-corrected chi connectivity index (χ2v) is 9.26. The topological polar surface area (TPSA) is 88.9 Å². The Balaban J connectivity index is 1.68. The van der Waals surface area contributed by atoms with E-state index in [-0.39, 0.29) is 16.9 Å². The number of ether oxygens (including phenoxy) is 1. The van der Waals surface area contributed by atoms with Gasteiger partial charge in [0.05, 0.1) is 18.7 Å². The van der Waals surface area contributed by atoms with E-state index in [2.05, 4.69) is 25.4 Å². The number of nitrogens with one attached hydrogen (secondary N) is 1. The van der Waals surface area contributed by atoms with E-state index in [1.807, 2.05) is 52.0 Å². The SMILES string of the molecule is CCOc1ccc2[nH]c(=O)c(CN(Cc3ccc(F)cc3)Cc3nnnn3C(C)(C)C)cc2c1. The first-order valence-corrected chi connectivity index (χ1v) is 11.3. The molecule has 0 fully saturated rings. The van der Waals surface area contributed by atoms with Crippen LogP contribution < -0.4 is 10.3 Å². The van der Waals surface area contributed by atoms with E-state index in [1.165, 1.54) is 12.1 Å². The van der Waals surface area contributed by atoms with Crippen molar-refractivity contribution in [2.75, 3.05) is 6.61 Å². The van der Waals surface area contributed by atoms with Gasteiger partial charge in [0.1, 0.15) is 11.6 Å². The fourth-order valence-electron chi connectivity index (χ4n) is 3.89. The van der Waals surface area contributed by atoms with Crippen LogP contribution in [0, 0.1) is 5.82 Å². The molecule has 0 radical (unpaired) electrons. The first-order valence-electron chi connectivity index (χ1n) is 11.3. The van der Waals surface area contributed by atoms with Gasteiger partial charge >= 0.3 is 0 Å². The van der Waals surface area contributed by atoms with Crippen LogP contribution in [0.3, 0.4) is 0 Å². The molecular weight excluding hydrogens is 435 g/mol. The highest BCUT2D eigenvalue weighted by Gasteiger charge is 2.22. The predicted molar refractivity (Wildman–Crippen MR) is 128 cm³/mol. The van der Waals surface area contributed by atoms with Gasteiger partial charge in [0.15, 0.2) is 5.82 Å². The van der Waals surface area contributed by atoms with Gasteiger partial charge in [-0.2, -0.15) is 0 Å². The highest BCUT2D eigenvalue weighted by atomic mass is 19.1. The van der Waals surface area contributed by atoms with Crippen LogP contribution in [0.5, 0.6) is 5.75 Å². The van der Waals surface area contributed by atoms with Crippen molar-refractivity contribution in [1.82, 2.24) is 30.1 Å². The molecule has 0 atom stereocenters. The molecule has 9 heteroatoms. The van der Waals surface area contributed by atoms with Crippen molar-refractivity contribution in [1.29, 1.82) is 0 Å². The molecule has 0 aliphatic carbocycles. The molecule has 4 rings (SSSR count). The van der Waals surface area contributed by atoms with Crippen molar-refractivity contribution in [3.63, 3.8) is 0 Å². The van der Waals surface area contributed by atoms with E-state index in [0.29, 0.717) is 37.6 Å². The maximum atomic E-state index is 13.4. The van der Waals surface area contributed by atoms with E-state index >= 15 is 0 Å². The third-order valence-electron chi connectivity index (χ3n) is 5.45. The summed E-state index contributed by atoms with van der Waals surface area (Å²) in [6.07, 6.45) is 0. The van der Waals surface area contributed by atoms with Gasteiger partial charge in [0, 0.05) is 29.6 Å². The molecule has 0 aliphatic rings. The zero-order chi connectivity index (χ0) is 24.3. The zero-order valence-corrected chi connectivity index (χ0v) is 19.9. The van der Waals surface area contributed by atoms with Crippen LogP contribution in [-0.4, -0.2) is 36.7 Å². The minimum Gasteiger partial charge on any atom is -0.494 e. The highest BCUT2D eigenvalue weighted by Crippen LogP contribution is 2.21. The summed E-state index contributed by atoms with van der Waals surface area (Å²) in [7, 11) is 0. The second kappa shape index (κ2) is 9.72. The van der Waals surface area contributed by atoms with E-state index in [9.17, 15) is 9.18 Å². The lowest BCUT2D eigenvalue weighted by Gasteiger charge is -2.25. The third kappa shape index (κ3) is 5.48. The van der Waals surface area contributed by atoms with E-state index in [4.69, 9.17) is 4.74 Å².